The summed E-state index contributed by atoms with van der Waals surface area (Å²) in [4.78, 5) is 0. The highest BCUT2D eigenvalue weighted by Crippen LogP contribution is 1.74. The Balaban J connectivity index is 3.26. The second kappa shape index (κ2) is 6.18. The van der Waals surface area contributed by atoms with Gasteiger partial charge in [0.2, 0.25) is 0 Å². The minimum absolute atomic E-state index is 0.599. The van der Waals surface area contributed by atoms with Crippen molar-refractivity contribution in [2.45, 2.75) is 0 Å². The first-order chi connectivity index (χ1) is 3.91. The zero-order valence-corrected chi connectivity index (χ0v) is 4.88. The van der Waals surface area contributed by atoms with E-state index in [9.17, 15) is 0 Å². The smallest absolute Gasteiger partial charge is 0.0109 e. The average Bonchev–Trinajstić information content (AvgIpc) is 1.81. The zero-order valence-electron chi connectivity index (χ0n) is 4.88. The lowest BCUT2D eigenvalue weighted by atomic mass is 10.4. The molecule has 0 radical (unpaired) electrons. The molecule has 1 heteroatoms. The van der Waals surface area contributed by atoms with Crippen LogP contribution in [0.3, 0.4) is 0 Å². The van der Waals surface area contributed by atoms with Gasteiger partial charge < -0.3 is 5.73 Å². The summed E-state index contributed by atoms with van der Waals surface area (Å²) in [6.07, 6.45) is 9.23. The van der Waals surface area contributed by atoms with Crippen LogP contribution in [0.5, 0.6) is 0 Å². The van der Waals surface area contributed by atoms with Gasteiger partial charge in [-0.25, -0.2) is 0 Å². The van der Waals surface area contributed by atoms with Crippen LogP contribution in [0.1, 0.15) is 0 Å². The monoisotopic (exact) mass is 109 g/mol. The SMILES string of the molecule is C=C/C=C\C=C/CN. The van der Waals surface area contributed by atoms with E-state index in [1.807, 2.05) is 24.3 Å². The number of rotatable bonds is 3. The molecule has 2 N–H and O–H groups in total. The van der Waals surface area contributed by atoms with Crippen LogP contribution in [0.2, 0.25) is 0 Å². The molecule has 0 spiro atoms. The molecular weight excluding hydrogens is 98.1 g/mol. The van der Waals surface area contributed by atoms with Crippen molar-refractivity contribution in [3.05, 3.63) is 37.0 Å². The molecule has 1 nitrogen and oxygen atoms in total. The Labute approximate surface area is 50.2 Å². The van der Waals surface area contributed by atoms with Gasteiger partial charge in [-0.15, -0.1) is 0 Å². The molecule has 0 heterocycles. The van der Waals surface area contributed by atoms with Crippen molar-refractivity contribution < 1.29 is 0 Å². The molecule has 0 aliphatic heterocycles. The largest absolute Gasteiger partial charge is 0.327 e. The molecule has 0 rings (SSSR count). The first-order valence-corrected chi connectivity index (χ1v) is 2.56. The Morgan fingerprint density at radius 2 is 2.00 bits per heavy atom. The molecule has 0 atom stereocenters. The van der Waals surface area contributed by atoms with Crippen molar-refractivity contribution in [2.75, 3.05) is 6.54 Å². The second-order valence-corrected chi connectivity index (χ2v) is 1.28. The summed E-state index contributed by atoms with van der Waals surface area (Å²) in [6.45, 7) is 4.11. The Hall–Kier alpha value is -0.820. The van der Waals surface area contributed by atoms with E-state index in [0.29, 0.717) is 6.54 Å². The highest BCUT2D eigenvalue weighted by molar-refractivity contribution is 5.08. The summed E-state index contributed by atoms with van der Waals surface area (Å²) in [7, 11) is 0. The van der Waals surface area contributed by atoms with Crippen molar-refractivity contribution in [3.8, 4) is 0 Å². The molecular formula is C7H11N. The van der Waals surface area contributed by atoms with E-state index in [0.717, 1.165) is 0 Å². The Bertz CT molecular complexity index is 101. The number of hydrogen-bond acceptors (Lipinski definition) is 1. The fourth-order valence-corrected chi connectivity index (χ4v) is 0.300. The maximum absolute atomic E-state index is 5.16. The highest BCUT2D eigenvalue weighted by atomic mass is 14.5. The normalized spacial score (nSPS) is 11.1. The van der Waals surface area contributed by atoms with Gasteiger partial charge in [-0.05, 0) is 0 Å². The van der Waals surface area contributed by atoms with Crippen LogP contribution in [0, 0.1) is 0 Å². The number of nitrogens with two attached hydrogens (primary N) is 1. The molecule has 44 valence electrons. The van der Waals surface area contributed by atoms with Crippen LogP contribution in [0.25, 0.3) is 0 Å². The Morgan fingerprint density at radius 3 is 2.50 bits per heavy atom. The van der Waals surface area contributed by atoms with Crippen LogP contribution < -0.4 is 5.73 Å². The Kier molecular flexibility index (Phi) is 5.55. The van der Waals surface area contributed by atoms with E-state index in [4.69, 9.17) is 5.73 Å². The van der Waals surface area contributed by atoms with Gasteiger partial charge >= 0.3 is 0 Å². The molecule has 0 aliphatic carbocycles. The van der Waals surface area contributed by atoms with Crippen LogP contribution in [-0.2, 0) is 0 Å². The van der Waals surface area contributed by atoms with Gasteiger partial charge in [0, 0.05) is 6.54 Å². The highest BCUT2D eigenvalue weighted by Gasteiger charge is 1.58. The van der Waals surface area contributed by atoms with E-state index in [1.165, 1.54) is 0 Å². The quantitative estimate of drug-likeness (QED) is 0.542. The maximum atomic E-state index is 5.16. The molecule has 0 aromatic carbocycles. The average molecular weight is 109 g/mol. The van der Waals surface area contributed by atoms with Crippen molar-refractivity contribution >= 4 is 0 Å². The molecule has 0 bridgehead atoms. The van der Waals surface area contributed by atoms with Gasteiger partial charge in [0.05, 0.1) is 0 Å². The van der Waals surface area contributed by atoms with Crippen molar-refractivity contribution in [1.29, 1.82) is 0 Å². The van der Waals surface area contributed by atoms with E-state index < -0.39 is 0 Å². The number of allylic oxidation sites excluding steroid dienone is 4. The molecule has 0 fully saturated rings. The summed E-state index contributed by atoms with van der Waals surface area (Å²) >= 11 is 0. The number of hydrogen-bond donors (Lipinski definition) is 1. The first-order valence-electron chi connectivity index (χ1n) is 2.56. The summed E-state index contributed by atoms with van der Waals surface area (Å²) in [6, 6.07) is 0. The molecule has 0 unspecified atom stereocenters. The maximum Gasteiger partial charge on any atom is 0.0109 e. The molecule has 0 aliphatic rings. The summed E-state index contributed by atoms with van der Waals surface area (Å²) in [5, 5.41) is 0. The van der Waals surface area contributed by atoms with E-state index >= 15 is 0 Å². The van der Waals surface area contributed by atoms with Gasteiger partial charge in [0.15, 0.2) is 0 Å². The van der Waals surface area contributed by atoms with Crippen LogP contribution >= 0.6 is 0 Å². The van der Waals surface area contributed by atoms with Gasteiger partial charge in [-0.2, -0.15) is 0 Å². The molecule has 0 aromatic rings. The molecule has 0 amide bonds. The zero-order chi connectivity index (χ0) is 6.24. The molecule has 0 aromatic heterocycles. The minimum Gasteiger partial charge on any atom is -0.327 e. The van der Waals surface area contributed by atoms with Crippen molar-refractivity contribution in [3.63, 3.8) is 0 Å². The van der Waals surface area contributed by atoms with E-state index in [-0.39, 0.29) is 0 Å². The van der Waals surface area contributed by atoms with Crippen LogP contribution in [-0.4, -0.2) is 6.54 Å². The Morgan fingerprint density at radius 1 is 1.25 bits per heavy atom. The van der Waals surface area contributed by atoms with Gasteiger partial charge in [-0.1, -0.05) is 37.0 Å². The lowest BCUT2D eigenvalue weighted by Crippen LogP contribution is -1.91. The molecule has 0 saturated carbocycles. The summed E-state index contributed by atoms with van der Waals surface area (Å²) in [5.74, 6) is 0. The van der Waals surface area contributed by atoms with Crippen LogP contribution in [0.15, 0.2) is 37.0 Å². The fourth-order valence-electron chi connectivity index (χ4n) is 0.300. The third-order valence-corrected chi connectivity index (χ3v) is 0.630. The van der Waals surface area contributed by atoms with Crippen molar-refractivity contribution in [2.24, 2.45) is 5.73 Å². The lowest BCUT2D eigenvalue weighted by Gasteiger charge is -1.72. The van der Waals surface area contributed by atoms with E-state index in [1.54, 1.807) is 6.08 Å². The van der Waals surface area contributed by atoms with E-state index in [2.05, 4.69) is 6.58 Å². The van der Waals surface area contributed by atoms with Crippen molar-refractivity contribution in [1.82, 2.24) is 0 Å². The predicted molar refractivity (Wildman–Crippen MR) is 37.5 cm³/mol. The summed E-state index contributed by atoms with van der Waals surface area (Å²) < 4.78 is 0. The second-order valence-electron chi connectivity index (χ2n) is 1.28. The molecule has 8 heavy (non-hydrogen) atoms. The van der Waals surface area contributed by atoms with Gasteiger partial charge in [-0.3, -0.25) is 0 Å². The first kappa shape index (κ1) is 7.18. The predicted octanol–water partition coefficient (Wildman–Crippen LogP) is 1.24. The fraction of sp³-hybridized carbons (Fsp3) is 0.143. The third kappa shape index (κ3) is 5.18. The van der Waals surface area contributed by atoms with Gasteiger partial charge in [0.1, 0.15) is 0 Å². The molecule has 0 saturated heterocycles. The minimum atomic E-state index is 0.599. The topological polar surface area (TPSA) is 26.0 Å². The lowest BCUT2D eigenvalue weighted by molar-refractivity contribution is 1.25. The van der Waals surface area contributed by atoms with Crippen LogP contribution in [0.4, 0.5) is 0 Å². The summed E-state index contributed by atoms with van der Waals surface area (Å²) in [5.41, 5.74) is 5.16. The third-order valence-electron chi connectivity index (χ3n) is 0.630. The standard InChI is InChI=1S/C7H11N/c1-2-3-4-5-6-7-8/h2-6H,1,7-8H2/b4-3-,6-5-. The van der Waals surface area contributed by atoms with Gasteiger partial charge in [0.25, 0.3) is 0 Å².